The lowest BCUT2D eigenvalue weighted by Crippen LogP contribution is -2.18. The summed E-state index contributed by atoms with van der Waals surface area (Å²) in [4.78, 5) is 15.3. The molecule has 0 spiro atoms. The maximum absolute atomic E-state index is 11.5. The second kappa shape index (κ2) is 5.22. The van der Waals surface area contributed by atoms with E-state index >= 15 is 0 Å². The molecule has 1 heterocycles. The summed E-state index contributed by atoms with van der Waals surface area (Å²) >= 11 is 0. The number of methoxy groups -OCH3 is 1. The highest BCUT2D eigenvalue weighted by molar-refractivity contribution is 5.93. The molecule has 0 radical (unpaired) electrons. The van der Waals surface area contributed by atoms with Gasteiger partial charge in [-0.05, 0) is 12.1 Å². The second-order valence-corrected chi connectivity index (χ2v) is 3.34. The van der Waals surface area contributed by atoms with Gasteiger partial charge < -0.3 is 10.1 Å². The van der Waals surface area contributed by atoms with Crippen LogP contribution in [0.25, 0.3) is 5.69 Å². The summed E-state index contributed by atoms with van der Waals surface area (Å²) < 4.78 is 6.35. The Hall–Kier alpha value is -2.21. The first-order chi connectivity index (χ1) is 8.31. The van der Waals surface area contributed by atoms with Crippen LogP contribution in [0.4, 0.5) is 5.69 Å². The van der Waals surface area contributed by atoms with Crippen LogP contribution in [0.1, 0.15) is 0 Å². The Morgan fingerprint density at radius 3 is 3.00 bits per heavy atom. The largest absolute Gasteiger partial charge is 0.375 e. The van der Waals surface area contributed by atoms with E-state index in [4.69, 9.17) is 4.74 Å². The third kappa shape index (κ3) is 2.67. The molecule has 1 N–H and O–H groups in total. The highest BCUT2D eigenvalue weighted by Crippen LogP contribution is 2.18. The SMILES string of the molecule is COCC(=O)Nc1ccccc1-n1cncn1. The molecule has 1 amide bonds. The molecule has 0 aliphatic heterocycles. The van der Waals surface area contributed by atoms with Gasteiger partial charge in [-0.2, -0.15) is 5.10 Å². The number of hydrogen-bond donors (Lipinski definition) is 1. The molecule has 0 aliphatic carbocycles. The molecule has 0 unspecified atom stereocenters. The molecule has 17 heavy (non-hydrogen) atoms. The molecule has 0 saturated carbocycles. The maximum Gasteiger partial charge on any atom is 0.250 e. The van der Waals surface area contributed by atoms with Crippen LogP contribution >= 0.6 is 0 Å². The quantitative estimate of drug-likeness (QED) is 0.848. The third-order valence-electron chi connectivity index (χ3n) is 2.12. The summed E-state index contributed by atoms with van der Waals surface area (Å²) in [5.74, 6) is -0.208. The number of rotatable bonds is 4. The first-order valence-electron chi connectivity index (χ1n) is 5.04. The van der Waals surface area contributed by atoms with E-state index in [9.17, 15) is 4.79 Å². The highest BCUT2D eigenvalue weighted by atomic mass is 16.5. The van der Waals surface area contributed by atoms with E-state index < -0.39 is 0 Å². The minimum atomic E-state index is -0.208. The Labute approximate surface area is 98.2 Å². The number of ether oxygens (including phenoxy) is 1. The zero-order valence-corrected chi connectivity index (χ0v) is 9.33. The molecule has 1 aromatic carbocycles. The van der Waals surface area contributed by atoms with Gasteiger partial charge in [0, 0.05) is 7.11 Å². The number of benzene rings is 1. The normalized spacial score (nSPS) is 10.2. The molecule has 0 bridgehead atoms. The van der Waals surface area contributed by atoms with E-state index in [1.807, 2.05) is 18.2 Å². The van der Waals surface area contributed by atoms with Crippen LogP contribution in [0.3, 0.4) is 0 Å². The number of amides is 1. The van der Waals surface area contributed by atoms with E-state index in [1.54, 1.807) is 17.1 Å². The first kappa shape index (κ1) is 11.3. The van der Waals surface area contributed by atoms with Gasteiger partial charge in [0.1, 0.15) is 19.3 Å². The van der Waals surface area contributed by atoms with Gasteiger partial charge in [0.05, 0.1) is 11.4 Å². The Bertz CT molecular complexity index is 496. The van der Waals surface area contributed by atoms with Crippen LogP contribution in [0.15, 0.2) is 36.9 Å². The van der Waals surface area contributed by atoms with Crippen molar-refractivity contribution in [2.24, 2.45) is 0 Å². The summed E-state index contributed by atoms with van der Waals surface area (Å²) in [5, 5.41) is 6.77. The summed E-state index contributed by atoms with van der Waals surface area (Å²) in [6.07, 6.45) is 3.01. The van der Waals surface area contributed by atoms with E-state index in [0.717, 1.165) is 5.69 Å². The topological polar surface area (TPSA) is 69.0 Å². The summed E-state index contributed by atoms with van der Waals surface area (Å²) in [7, 11) is 1.48. The van der Waals surface area contributed by atoms with Crippen molar-refractivity contribution in [3.05, 3.63) is 36.9 Å². The lowest BCUT2D eigenvalue weighted by Gasteiger charge is -2.09. The standard InChI is InChI=1S/C11H12N4O2/c1-17-6-11(16)14-9-4-2-3-5-10(9)15-8-12-7-13-15/h2-5,7-8H,6H2,1H3,(H,14,16). The number of carbonyl (C=O) groups excluding carboxylic acids is 1. The first-order valence-corrected chi connectivity index (χ1v) is 5.04. The zero-order valence-electron chi connectivity index (χ0n) is 9.33. The molecule has 1 aromatic heterocycles. The molecule has 0 saturated heterocycles. The van der Waals surface area contributed by atoms with Crippen molar-refractivity contribution in [2.75, 3.05) is 19.0 Å². The lowest BCUT2D eigenvalue weighted by atomic mass is 10.2. The second-order valence-electron chi connectivity index (χ2n) is 3.34. The summed E-state index contributed by atoms with van der Waals surface area (Å²) in [6, 6.07) is 7.34. The van der Waals surface area contributed by atoms with Crippen molar-refractivity contribution in [1.29, 1.82) is 0 Å². The Morgan fingerprint density at radius 1 is 1.47 bits per heavy atom. The van der Waals surface area contributed by atoms with Gasteiger partial charge in [-0.3, -0.25) is 4.79 Å². The fourth-order valence-corrected chi connectivity index (χ4v) is 1.43. The van der Waals surface area contributed by atoms with Crippen molar-refractivity contribution < 1.29 is 9.53 Å². The van der Waals surface area contributed by atoms with Gasteiger partial charge >= 0.3 is 0 Å². The molecule has 6 nitrogen and oxygen atoms in total. The van der Waals surface area contributed by atoms with E-state index in [2.05, 4.69) is 15.4 Å². The van der Waals surface area contributed by atoms with Gasteiger partial charge in [-0.15, -0.1) is 0 Å². The van der Waals surface area contributed by atoms with Gasteiger partial charge in [0.15, 0.2) is 0 Å². The van der Waals surface area contributed by atoms with E-state index in [-0.39, 0.29) is 12.5 Å². The minimum Gasteiger partial charge on any atom is -0.375 e. The Balaban J connectivity index is 2.25. The van der Waals surface area contributed by atoms with Crippen LogP contribution in [0, 0.1) is 0 Å². The van der Waals surface area contributed by atoms with Crippen molar-refractivity contribution in [3.63, 3.8) is 0 Å². The monoisotopic (exact) mass is 232 g/mol. The van der Waals surface area contributed by atoms with Gasteiger partial charge in [0.25, 0.3) is 0 Å². The molecule has 0 aliphatic rings. The zero-order chi connectivity index (χ0) is 12.1. The third-order valence-corrected chi connectivity index (χ3v) is 2.12. The predicted octanol–water partition coefficient (Wildman–Crippen LogP) is 0.852. The van der Waals surface area contributed by atoms with Crippen LogP contribution in [0.2, 0.25) is 0 Å². The highest BCUT2D eigenvalue weighted by Gasteiger charge is 2.07. The number of aromatic nitrogens is 3. The van der Waals surface area contributed by atoms with Crippen molar-refractivity contribution >= 4 is 11.6 Å². The molecule has 2 rings (SSSR count). The molecule has 88 valence electrons. The van der Waals surface area contributed by atoms with E-state index in [0.29, 0.717) is 5.69 Å². The molecule has 2 aromatic rings. The van der Waals surface area contributed by atoms with Crippen LogP contribution in [0.5, 0.6) is 0 Å². The average Bonchev–Trinajstić information content (AvgIpc) is 2.83. The Kier molecular flexibility index (Phi) is 3.46. The number of nitrogens with one attached hydrogen (secondary N) is 1. The average molecular weight is 232 g/mol. The number of para-hydroxylation sites is 2. The number of nitrogens with zero attached hydrogens (tertiary/aromatic N) is 3. The molecular formula is C11H12N4O2. The number of carbonyl (C=O) groups is 1. The molecule has 0 fully saturated rings. The number of hydrogen-bond acceptors (Lipinski definition) is 4. The van der Waals surface area contributed by atoms with Gasteiger partial charge in [-0.1, -0.05) is 12.1 Å². The fraction of sp³-hybridized carbons (Fsp3) is 0.182. The lowest BCUT2D eigenvalue weighted by molar-refractivity contribution is -0.119. The van der Waals surface area contributed by atoms with Gasteiger partial charge in [-0.25, -0.2) is 9.67 Å². The maximum atomic E-state index is 11.5. The van der Waals surface area contributed by atoms with Crippen molar-refractivity contribution in [3.8, 4) is 5.69 Å². The fourth-order valence-electron chi connectivity index (χ4n) is 1.43. The predicted molar refractivity (Wildman–Crippen MR) is 61.9 cm³/mol. The Morgan fingerprint density at radius 2 is 2.29 bits per heavy atom. The molecular weight excluding hydrogens is 220 g/mol. The van der Waals surface area contributed by atoms with Crippen LogP contribution < -0.4 is 5.32 Å². The number of anilines is 1. The molecule has 0 atom stereocenters. The molecule has 6 heteroatoms. The summed E-state index contributed by atoms with van der Waals surface area (Å²) in [5.41, 5.74) is 1.43. The smallest absolute Gasteiger partial charge is 0.250 e. The van der Waals surface area contributed by atoms with E-state index in [1.165, 1.54) is 13.4 Å². The van der Waals surface area contributed by atoms with Crippen molar-refractivity contribution in [1.82, 2.24) is 14.8 Å². The van der Waals surface area contributed by atoms with Crippen molar-refractivity contribution in [2.45, 2.75) is 0 Å². The van der Waals surface area contributed by atoms with Crippen LogP contribution in [-0.2, 0) is 9.53 Å². The van der Waals surface area contributed by atoms with Gasteiger partial charge in [0.2, 0.25) is 5.91 Å². The van der Waals surface area contributed by atoms with Crippen LogP contribution in [-0.4, -0.2) is 34.4 Å². The summed E-state index contributed by atoms with van der Waals surface area (Å²) in [6.45, 7) is 0.0195. The minimum absolute atomic E-state index is 0.0195.